The fraction of sp³-hybridized carbons (Fsp3) is 0. The molecule has 1 rings (SSSR count). The van der Waals surface area contributed by atoms with E-state index in [0.717, 1.165) is 0 Å². The molecule has 0 spiro atoms. The van der Waals surface area contributed by atoms with Crippen molar-refractivity contribution in [2.24, 2.45) is 0 Å². The van der Waals surface area contributed by atoms with Crippen molar-refractivity contribution in [1.29, 1.82) is 0 Å². The van der Waals surface area contributed by atoms with Crippen molar-refractivity contribution in [3.8, 4) is 0 Å². The molecule has 0 N–H and O–H groups in total. The van der Waals surface area contributed by atoms with E-state index in [0.29, 0.717) is 0 Å². The first-order chi connectivity index (χ1) is 4.61. The van der Waals surface area contributed by atoms with Crippen molar-refractivity contribution in [1.82, 2.24) is 4.98 Å². The van der Waals surface area contributed by atoms with Crippen molar-refractivity contribution >= 4 is 20.5 Å². The molecule has 1 aromatic rings. The normalized spacial score (nSPS) is 10.3. The van der Waals surface area contributed by atoms with Crippen LogP contribution in [0.1, 0.15) is 0 Å². The van der Waals surface area contributed by atoms with Crippen LogP contribution in [0.25, 0.3) is 0 Å². The fourth-order valence-corrected chi connectivity index (χ4v) is 1.23. The van der Waals surface area contributed by atoms with E-state index in [1.54, 1.807) is 0 Å². The first-order valence-electron chi connectivity index (χ1n) is 2.46. The minimum absolute atomic E-state index is 0. The summed E-state index contributed by atoms with van der Waals surface area (Å²) in [6.07, 6.45) is 2.71. The minimum Gasteiger partial charge on any atom is -0.644 e. The molecule has 11 heavy (non-hydrogen) atoms. The second-order valence-corrected chi connectivity index (χ2v) is 4.34. The predicted molar refractivity (Wildman–Crippen MR) is 38.8 cm³/mol. The van der Waals surface area contributed by atoms with E-state index in [-0.39, 0.29) is 56.3 Å². The van der Waals surface area contributed by atoms with Gasteiger partial charge in [0.15, 0.2) is 0 Å². The third-order valence-corrected chi connectivity index (χ3v) is 2.32. The Morgan fingerprint density at radius 1 is 1.45 bits per heavy atom. The Morgan fingerprint density at radius 2 is 2.09 bits per heavy atom. The van der Waals surface area contributed by atoms with Gasteiger partial charge >= 0.3 is 51.4 Å². The van der Waals surface area contributed by atoms with Gasteiger partial charge in [-0.2, -0.15) is 0 Å². The van der Waals surface area contributed by atoms with Gasteiger partial charge in [-0.25, -0.2) is 8.42 Å². The van der Waals surface area contributed by atoms with E-state index in [9.17, 15) is 8.42 Å². The quantitative estimate of drug-likeness (QED) is 0.290. The van der Waals surface area contributed by atoms with Crippen molar-refractivity contribution in [3.63, 3.8) is 0 Å². The Kier molecular flexibility index (Phi) is 5.44. The molecule has 0 saturated heterocycles. The van der Waals surface area contributed by atoms with Crippen LogP contribution in [0.2, 0.25) is 0 Å². The van der Waals surface area contributed by atoms with Crippen molar-refractivity contribution in [3.05, 3.63) is 24.5 Å². The molecule has 0 amide bonds. The summed E-state index contributed by atoms with van der Waals surface area (Å²) < 4.78 is 21.2. The number of hydrogen-bond donors (Lipinski definition) is 0. The maximum absolute atomic E-state index is 10.6. The van der Waals surface area contributed by atoms with Gasteiger partial charge in [0.05, 0.1) is 13.8 Å². The smallest absolute Gasteiger partial charge is 0.644 e. The molecule has 0 bridgehead atoms. The molecule has 0 aromatic carbocycles. The first-order valence-corrected chi connectivity index (χ1v) is 4.87. The summed E-state index contributed by atoms with van der Waals surface area (Å²) in [4.78, 5) is 3.68. The standard InChI is InChI=1S/C5H5NO2S2.K/c7-10(8,9)5-2-1-3-6-4-5;/h1-4H,(H,7,8,9);/q;+1/p-1. The molecule has 0 aliphatic carbocycles. The third-order valence-electron chi connectivity index (χ3n) is 0.923. The fourth-order valence-electron chi connectivity index (χ4n) is 0.495. The number of pyridine rings is 1. The average molecular weight is 213 g/mol. The summed E-state index contributed by atoms with van der Waals surface area (Å²) in [6.45, 7) is 0. The molecule has 1 heterocycles. The summed E-state index contributed by atoms with van der Waals surface area (Å²) in [5.74, 6) is 0. The Balaban J connectivity index is 0.000001000. The van der Waals surface area contributed by atoms with Gasteiger partial charge in [-0.1, -0.05) is 0 Å². The van der Waals surface area contributed by atoms with Crippen LogP contribution in [0, 0.1) is 0 Å². The molecule has 1 aromatic heterocycles. The van der Waals surface area contributed by atoms with E-state index < -0.39 is 8.87 Å². The number of rotatable bonds is 1. The van der Waals surface area contributed by atoms with E-state index in [2.05, 4.69) is 16.6 Å². The Hall–Kier alpha value is 1.09. The van der Waals surface area contributed by atoms with Gasteiger partial charge in [-0.15, -0.1) is 0 Å². The topological polar surface area (TPSA) is 47.0 Å². The largest absolute Gasteiger partial charge is 1.00 e. The zero-order valence-corrected chi connectivity index (χ0v) is 10.6. The second kappa shape index (κ2) is 4.96. The van der Waals surface area contributed by atoms with Crippen LogP contribution in [0.3, 0.4) is 0 Å². The molecule has 0 fully saturated rings. The molecule has 0 unspecified atom stereocenters. The third kappa shape index (κ3) is 4.02. The Morgan fingerprint density at radius 3 is 2.36 bits per heavy atom. The number of nitrogens with zero attached hydrogens (tertiary/aromatic N) is 1. The molecule has 6 heteroatoms. The molecule has 54 valence electrons. The Bertz CT molecular complexity index is 311. The summed E-state index contributed by atoms with van der Waals surface area (Å²) in [5, 5.41) is 0. The van der Waals surface area contributed by atoms with Crippen LogP contribution in [0.15, 0.2) is 29.4 Å². The zero-order valence-electron chi connectivity index (χ0n) is 5.89. The van der Waals surface area contributed by atoms with Crippen LogP contribution >= 0.6 is 0 Å². The molecule has 3 nitrogen and oxygen atoms in total. The SMILES string of the molecule is O=S(=O)([S-])c1cccnc1.[K+]. The monoisotopic (exact) mass is 213 g/mol. The van der Waals surface area contributed by atoms with Gasteiger partial charge in [0, 0.05) is 12.4 Å². The molecule has 0 atom stereocenters. The maximum Gasteiger partial charge on any atom is 1.00 e. The number of hydrogen-bond acceptors (Lipinski definition) is 4. The predicted octanol–water partition coefficient (Wildman–Crippen LogP) is -2.68. The summed E-state index contributed by atoms with van der Waals surface area (Å²) in [7, 11) is -3.48. The summed E-state index contributed by atoms with van der Waals surface area (Å²) in [6, 6.07) is 2.94. The van der Waals surface area contributed by atoms with Crippen LogP contribution in [0.4, 0.5) is 0 Å². The van der Waals surface area contributed by atoms with Gasteiger partial charge in [0.25, 0.3) is 0 Å². The first kappa shape index (κ1) is 12.1. The van der Waals surface area contributed by atoms with E-state index >= 15 is 0 Å². The molecule has 0 saturated carbocycles. The van der Waals surface area contributed by atoms with Crippen LogP contribution in [-0.4, -0.2) is 13.4 Å². The van der Waals surface area contributed by atoms with Crippen LogP contribution in [-0.2, 0) is 20.5 Å². The van der Waals surface area contributed by atoms with E-state index in [4.69, 9.17) is 0 Å². The molecular formula is C5H4KNO2S2. The molecule has 0 aliphatic heterocycles. The van der Waals surface area contributed by atoms with E-state index in [1.165, 1.54) is 24.5 Å². The van der Waals surface area contributed by atoms with Crippen LogP contribution in [0.5, 0.6) is 0 Å². The summed E-state index contributed by atoms with van der Waals surface area (Å²) in [5.41, 5.74) is 0. The van der Waals surface area contributed by atoms with Gasteiger partial charge in [-0.05, 0) is 12.1 Å². The maximum atomic E-state index is 10.6. The van der Waals surface area contributed by atoms with Gasteiger partial charge < -0.3 is 11.7 Å². The van der Waals surface area contributed by atoms with Gasteiger partial charge in [-0.3, -0.25) is 4.98 Å². The minimum atomic E-state index is -3.48. The molecular weight excluding hydrogens is 209 g/mol. The van der Waals surface area contributed by atoms with Crippen molar-refractivity contribution in [2.75, 3.05) is 0 Å². The van der Waals surface area contributed by atoms with Crippen LogP contribution < -0.4 is 51.4 Å². The second-order valence-electron chi connectivity index (χ2n) is 1.64. The molecule has 0 radical (unpaired) electrons. The van der Waals surface area contributed by atoms with Crippen molar-refractivity contribution in [2.45, 2.75) is 4.90 Å². The Labute approximate surface area is 113 Å². The number of aromatic nitrogens is 1. The van der Waals surface area contributed by atoms with Gasteiger partial charge in [0.1, 0.15) is 0 Å². The molecule has 0 aliphatic rings. The summed E-state index contributed by atoms with van der Waals surface area (Å²) >= 11 is 4.18. The van der Waals surface area contributed by atoms with Gasteiger partial charge in [0.2, 0.25) is 0 Å². The average Bonchev–Trinajstić information content (AvgIpc) is 1.88. The van der Waals surface area contributed by atoms with Crippen molar-refractivity contribution < 1.29 is 59.8 Å². The zero-order chi connectivity index (χ0) is 7.61. The van der Waals surface area contributed by atoms with E-state index in [1.807, 2.05) is 0 Å².